The smallest absolute Gasteiger partial charge is 0.0283 e. The molecule has 0 nitrogen and oxygen atoms in total. The molecule has 62 valence electrons. The average Bonchev–Trinajstić information content (AvgIpc) is 2.14. The summed E-state index contributed by atoms with van der Waals surface area (Å²) in [6, 6.07) is 18.3. The van der Waals surface area contributed by atoms with Crippen LogP contribution in [0.4, 0.5) is 0 Å². The summed E-state index contributed by atoms with van der Waals surface area (Å²) in [6.07, 6.45) is 0. The fourth-order valence-electron chi connectivity index (χ4n) is 0.824. The van der Waals surface area contributed by atoms with Crippen molar-refractivity contribution in [3.63, 3.8) is 0 Å². The quantitative estimate of drug-likeness (QED) is 0.636. The number of halogens is 1. The van der Waals surface area contributed by atoms with Crippen LogP contribution < -0.4 is 0 Å². The van der Waals surface area contributed by atoms with Gasteiger partial charge in [-0.15, -0.1) is 0 Å². The molecule has 0 bridgehead atoms. The van der Waals surface area contributed by atoms with Gasteiger partial charge in [0.25, 0.3) is 0 Å². The van der Waals surface area contributed by atoms with Crippen LogP contribution in [0.5, 0.6) is 0 Å². The van der Waals surface area contributed by atoms with Crippen molar-refractivity contribution in [1.29, 1.82) is 0 Å². The molecule has 0 unspecified atom stereocenters. The van der Waals surface area contributed by atoms with E-state index in [9.17, 15) is 0 Å². The Labute approximate surface area is 81.7 Å². The van der Waals surface area contributed by atoms with Crippen molar-refractivity contribution in [2.75, 3.05) is 0 Å². The van der Waals surface area contributed by atoms with E-state index in [2.05, 4.69) is 28.1 Å². The summed E-state index contributed by atoms with van der Waals surface area (Å²) < 4.78 is 0. The van der Waals surface area contributed by atoms with E-state index in [-0.39, 0.29) is 0 Å². The first-order valence-corrected chi connectivity index (χ1v) is 4.99. The van der Waals surface area contributed by atoms with Crippen LogP contribution in [0, 0.1) is 0 Å². The fourth-order valence-corrected chi connectivity index (χ4v) is 1.20. The average molecular weight is 223 g/mol. The van der Waals surface area contributed by atoms with Gasteiger partial charge in [0.1, 0.15) is 0 Å². The van der Waals surface area contributed by atoms with Gasteiger partial charge in [-0.1, -0.05) is 70.5 Å². The molecule has 0 saturated carbocycles. The van der Waals surface area contributed by atoms with Crippen LogP contribution >= 0.6 is 15.9 Å². The molecule has 0 aliphatic carbocycles. The lowest BCUT2D eigenvalue weighted by molar-refractivity contribution is 1.46. The Balaban J connectivity index is 3.07. The van der Waals surface area contributed by atoms with Gasteiger partial charge in [0.05, 0.1) is 0 Å². The van der Waals surface area contributed by atoms with Crippen LogP contribution in [0.3, 0.4) is 0 Å². The molecular formula is C11H11Br. The van der Waals surface area contributed by atoms with Gasteiger partial charge in [-0.3, -0.25) is 0 Å². The zero-order chi connectivity index (χ0) is 8.65. The largest absolute Gasteiger partial charge is 0.0876 e. The van der Waals surface area contributed by atoms with Crippen LogP contribution in [0.1, 0.15) is 5.56 Å². The lowest BCUT2D eigenvalue weighted by Gasteiger charge is -1.86. The normalized spacial score (nSPS) is 8.75. The molecule has 1 heteroatoms. The third-order valence-corrected chi connectivity index (χ3v) is 2.09. The fraction of sp³-hybridized carbons (Fsp3) is 0.0909. The molecule has 1 aromatic carbocycles. The van der Waals surface area contributed by atoms with E-state index in [1.54, 1.807) is 0 Å². The van der Waals surface area contributed by atoms with Crippen LogP contribution in [0.25, 0.3) is 0 Å². The first kappa shape index (κ1) is 9.27. The summed E-state index contributed by atoms with van der Waals surface area (Å²) in [4.78, 5) is 0. The molecule has 1 rings (SSSR count). The minimum Gasteiger partial charge on any atom is -0.0876 e. The standard InChI is InChI=1S/C11H11Br/c12-10-11-8-6-4-2-1-3-5-7-9-11/h1-9H,10H2. The molecule has 0 saturated heterocycles. The Morgan fingerprint density at radius 3 is 1.58 bits per heavy atom. The van der Waals surface area contributed by atoms with E-state index in [0.29, 0.717) is 0 Å². The third-order valence-electron chi connectivity index (χ3n) is 1.44. The topological polar surface area (TPSA) is 0 Å². The summed E-state index contributed by atoms with van der Waals surface area (Å²) in [5.41, 5.74) is 1.27. The molecule has 0 aliphatic rings. The summed E-state index contributed by atoms with van der Waals surface area (Å²) in [5, 5.41) is 0.894. The Kier molecular flexibility index (Phi) is 4.47. The molecule has 0 fully saturated rings. The molecule has 0 aromatic heterocycles. The van der Waals surface area contributed by atoms with E-state index >= 15 is 0 Å². The summed E-state index contributed by atoms with van der Waals surface area (Å²) in [6.45, 7) is 0. The first-order chi connectivity index (χ1) is 5.93. The molecular weight excluding hydrogens is 212 g/mol. The number of rotatable bonds is 1. The first-order valence-electron chi connectivity index (χ1n) is 3.86. The maximum absolute atomic E-state index is 3.42. The Morgan fingerprint density at radius 1 is 0.750 bits per heavy atom. The predicted molar refractivity (Wildman–Crippen MR) is 56.7 cm³/mol. The lowest BCUT2D eigenvalue weighted by atomic mass is 10.3. The minimum atomic E-state index is 0.894. The van der Waals surface area contributed by atoms with Gasteiger partial charge in [0, 0.05) is 5.33 Å². The SMILES string of the molecule is BrCc1ccccccccc1. The highest BCUT2D eigenvalue weighted by Crippen LogP contribution is 2.00. The second kappa shape index (κ2) is 5.78. The second-order valence-corrected chi connectivity index (χ2v) is 2.95. The molecule has 0 radical (unpaired) electrons. The van der Waals surface area contributed by atoms with Crippen LogP contribution in [-0.4, -0.2) is 0 Å². The number of alkyl halides is 1. The summed E-state index contributed by atoms with van der Waals surface area (Å²) in [7, 11) is 0. The summed E-state index contributed by atoms with van der Waals surface area (Å²) >= 11 is 3.42. The number of hydrogen-bond donors (Lipinski definition) is 0. The van der Waals surface area contributed by atoms with Crippen molar-refractivity contribution in [2.24, 2.45) is 0 Å². The van der Waals surface area contributed by atoms with Gasteiger partial charge in [-0.2, -0.15) is 0 Å². The summed E-state index contributed by atoms with van der Waals surface area (Å²) in [5.74, 6) is 0. The molecule has 1 aromatic rings. The van der Waals surface area contributed by atoms with Gasteiger partial charge < -0.3 is 0 Å². The van der Waals surface area contributed by atoms with Crippen molar-refractivity contribution in [3.8, 4) is 0 Å². The Bertz CT molecular complexity index is 255. The molecule has 0 atom stereocenters. The molecule has 0 spiro atoms. The van der Waals surface area contributed by atoms with Crippen molar-refractivity contribution >= 4 is 15.9 Å². The number of hydrogen-bond acceptors (Lipinski definition) is 0. The Morgan fingerprint density at radius 2 is 1.17 bits per heavy atom. The van der Waals surface area contributed by atoms with E-state index in [1.807, 2.05) is 42.5 Å². The molecule has 0 amide bonds. The van der Waals surface area contributed by atoms with Crippen molar-refractivity contribution in [2.45, 2.75) is 5.33 Å². The Hall–Kier alpha value is -0.820. The monoisotopic (exact) mass is 222 g/mol. The van der Waals surface area contributed by atoms with Gasteiger partial charge in [-0.05, 0) is 5.56 Å². The van der Waals surface area contributed by atoms with Gasteiger partial charge in [-0.25, -0.2) is 0 Å². The molecule has 0 N–H and O–H groups in total. The highest BCUT2D eigenvalue weighted by molar-refractivity contribution is 9.08. The van der Waals surface area contributed by atoms with E-state index in [1.165, 1.54) is 5.56 Å². The van der Waals surface area contributed by atoms with Gasteiger partial charge in [0.15, 0.2) is 0 Å². The van der Waals surface area contributed by atoms with Gasteiger partial charge >= 0.3 is 0 Å². The van der Waals surface area contributed by atoms with Crippen molar-refractivity contribution in [1.82, 2.24) is 0 Å². The van der Waals surface area contributed by atoms with Crippen LogP contribution in [0.15, 0.2) is 54.6 Å². The zero-order valence-electron chi connectivity index (χ0n) is 6.78. The molecule has 12 heavy (non-hydrogen) atoms. The van der Waals surface area contributed by atoms with Gasteiger partial charge in [0.2, 0.25) is 0 Å². The van der Waals surface area contributed by atoms with Crippen LogP contribution in [-0.2, 0) is 5.33 Å². The third kappa shape index (κ3) is 3.54. The predicted octanol–water partition coefficient (Wildman–Crippen LogP) is 3.71. The van der Waals surface area contributed by atoms with E-state index in [4.69, 9.17) is 0 Å². The maximum Gasteiger partial charge on any atom is 0.0283 e. The lowest BCUT2D eigenvalue weighted by Crippen LogP contribution is -1.68. The minimum absolute atomic E-state index is 0.894. The maximum atomic E-state index is 3.42. The molecule has 0 heterocycles. The van der Waals surface area contributed by atoms with E-state index in [0.717, 1.165) is 5.33 Å². The second-order valence-electron chi connectivity index (χ2n) is 2.39. The highest BCUT2D eigenvalue weighted by Gasteiger charge is 1.79. The zero-order valence-corrected chi connectivity index (χ0v) is 8.37. The van der Waals surface area contributed by atoms with Crippen molar-refractivity contribution < 1.29 is 0 Å². The van der Waals surface area contributed by atoms with E-state index < -0.39 is 0 Å². The van der Waals surface area contributed by atoms with Crippen molar-refractivity contribution in [3.05, 3.63) is 60.2 Å². The van der Waals surface area contributed by atoms with Crippen LogP contribution in [0.2, 0.25) is 0 Å². The molecule has 0 aliphatic heterocycles. The highest BCUT2D eigenvalue weighted by atomic mass is 79.9.